The van der Waals surface area contributed by atoms with E-state index >= 15 is 0 Å². The Balaban J connectivity index is 1.25. The first kappa shape index (κ1) is 38.7. The Morgan fingerprint density at radius 1 is 0.868 bits per heavy atom. The number of likely N-dealkylation sites (N-methyl/N-ethyl adjacent to an activating group) is 1. The molecule has 4 aliphatic heterocycles. The number of urea groups is 1. The fraction of sp³-hybridized carbons (Fsp3) is 0.595. The summed E-state index contributed by atoms with van der Waals surface area (Å²) in [6, 6.07) is 8.38. The molecule has 10 nitrogen and oxygen atoms in total. The average Bonchev–Trinajstić information content (AvgIpc) is 3.29. The summed E-state index contributed by atoms with van der Waals surface area (Å²) in [5.41, 5.74) is 1.92. The van der Waals surface area contributed by atoms with Gasteiger partial charge in [0.2, 0.25) is 11.8 Å². The summed E-state index contributed by atoms with van der Waals surface area (Å²) in [5.74, 6) is -2.23. The summed E-state index contributed by atoms with van der Waals surface area (Å²) in [4.78, 5) is 51.3. The summed E-state index contributed by atoms with van der Waals surface area (Å²) in [7, 11) is 2.06. The number of likely N-dealkylation sites (tertiary alicyclic amines) is 2. The predicted molar refractivity (Wildman–Crippen MR) is 187 cm³/mol. The molecule has 0 aliphatic carbocycles. The number of anilines is 2. The van der Waals surface area contributed by atoms with Crippen LogP contribution in [-0.2, 0) is 34.8 Å². The van der Waals surface area contributed by atoms with Gasteiger partial charge < -0.3 is 30.7 Å². The first-order valence-corrected chi connectivity index (χ1v) is 18.3. The second-order valence-electron chi connectivity index (χ2n) is 14.7. The van der Waals surface area contributed by atoms with Crippen LogP contribution in [-0.4, -0.2) is 114 Å². The molecule has 0 radical (unpaired) electrons. The van der Waals surface area contributed by atoms with E-state index in [1.54, 1.807) is 20.8 Å². The third-order valence-electron chi connectivity index (χ3n) is 11.2. The average molecular weight is 752 g/mol. The van der Waals surface area contributed by atoms with E-state index in [0.29, 0.717) is 69.6 Å². The molecule has 0 aromatic heterocycles. The molecule has 0 saturated carbocycles. The molecule has 0 bridgehead atoms. The van der Waals surface area contributed by atoms with Gasteiger partial charge in [0, 0.05) is 70.5 Å². The van der Waals surface area contributed by atoms with Gasteiger partial charge in [0.1, 0.15) is 6.17 Å². The molecule has 3 saturated heterocycles. The fourth-order valence-corrected chi connectivity index (χ4v) is 8.26. The van der Waals surface area contributed by atoms with Crippen molar-refractivity contribution in [1.82, 2.24) is 24.5 Å². The van der Waals surface area contributed by atoms with Gasteiger partial charge in [0.05, 0.1) is 22.7 Å². The molecule has 53 heavy (non-hydrogen) atoms. The second-order valence-corrected chi connectivity index (χ2v) is 14.7. The number of carbonyl (C=O) groups is 3. The number of benzene rings is 2. The molecule has 6 rings (SSSR count). The number of fused-ring (bicyclic) bond motifs is 1. The highest BCUT2D eigenvalue weighted by Crippen LogP contribution is 2.42. The normalized spacial score (nSPS) is 21.9. The first-order valence-electron chi connectivity index (χ1n) is 18.3. The number of para-hydroxylation sites is 1. The largest absolute Gasteiger partial charge is 0.418 e. The summed E-state index contributed by atoms with van der Waals surface area (Å²) in [6.07, 6.45) is -8.27. The third-order valence-corrected chi connectivity index (χ3v) is 11.2. The summed E-state index contributed by atoms with van der Waals surface area (Å²) < 4.78 is 83.9. The molecule has 3 N–H and O–H groups in total. The maximum atomic E-state index is 14.3. The van der Waals surface area contributed by atoms with Crippen LogP contribution in [0.5, 0.6) is 0 Å². The van der Waals surface area contributed by atoms with Crippen LogP contribution in [0.3, 0.4) is 0 Å². The summed E-state index contributed by atoms with van der Waals surface area (Å²) in [5, 5.41) is 2.92. The number of hydrogen-bond acceptors (Lipinski definition) is 6. The van der Waals surface area contributed by atoms with E-state index in [9.17, 15) is 40.7 Å². The summed E-state index contributed by atoms with van der Waals surface area (Å²) in [6.45, 7) is 4.96. The van der Waals surface area contributed by atoms with Crippen molar-refractivity contribution in [3.63, 3.8) is 0 Å². The van der Waals surface area contributed by atoms with Crippen molar-refractivity contribution < 1.29 is 40.7 Å². The lowest BCUT2D eigenvalue weighted by Crippen LogP contribution is -2.57. The SMILES string of the molecule is CN1CCN(C2CCN(C(=O)C(CC(=O)N3CCCCC3N3CCc4ccccc4NC3=O)Cc3cc(C(F)(F)F)c(N)c(C(F)(F)F)c3)CC2)CC1. The zero-order chi connectivity index (χ0) is 38.1. The molecule has 2 aromatic carbocycles. The van der Waals surface area contributed by atoms with Crippen molar-refractivity contribution in [2.75, 3.05) is 70.5 Å². The Kier molecular flexibility index (Phi) is 11.5. The number of halogens is 6. The van der Waals surface area contributed by atoms with Crippen LogP contribution in [0.4, 0.5) is 42.5 Å². The minimum atomic E-state index is -5.19. The molecule has 2 atom stereocenters. The fourth-order valence-electron chi connectivity index (χ4n) is 8.26. The highest BCUT2D eigenvalue weighted by Gasteiger charge is 2.42. The molecule has 0 spiro atoms. The number of hydrogen-bond donors (Lipinski definition) is 2. The predicted octanol–water partition coefficient (Wildman–Crippen LogP) is 5.52. The molecular weight excluding hydrogens is 704 g/mol. The molecular formula is C37H47F6N7O3. The maximum absolute atomic E-state index is 14.3. The van der Waals surface area contributed by atoms with Crippen molar-refractivity contribution in [1.29, 1.82) is 0 Å². The van der Waals surface area contributed by atoms with E-state index in [1.807, 2.05) is 18.2 Å². The number of piperazine rings is 1. The minimum Gasteiger partial charge on any atom is -0.398 e. The Morgan fingerprint density at radius 3 is 2.15 bits per heavy atom. The van der Waals surface area contributed by atoms with Gasteiger partial charge in [-0.05, 0) is 81.3 Å². The summed E-state index contributed by atoms with van der Waals surface area (Å²) >= 11 is 0. The van der Waals surface area contributed by atoms with Crippen LogP contribution >= 0.6 is 0 Å². The van der Waals surface area contributed by atoms with Crippen molar-refractivity contribution in [2.24, 2.45) is 5.92 Å². The van der Waals surface area contributed by atoms with Gasteiger partial charge in [0.25, 0.3) is 0 Å². The third kappa shape index (κ3) is 8.85. The van der Waals surface area contributed by atoms with Crippen LogP contribution in [0, 0.1) is 5.92 Å². The lowest BCUT2D eigenvalue weighted by Gasteiger charge is -2.43. The number of carbonyl (C=O) groups excluding carboxylic acids is 3. The van der Waals surface area contributed by atoms with Crippen LogP contribution in [0.15, 0.2) is 36.4 Å². The monoisotopic (exact) mass is 751 g/mol. The van der Waals surface area contributed by atoms with E-state index in [-0.39, 0.29) is 18.6 Å². The van der Waals surface area contributed by atoms with E-state index in [4.69, 9.17) is 5.73 Å². The van der Waals surface area contributed by atoms with Crippen LogP contribution < -0.4 is 11.1 Å². The number of piperidine rings is 2. The van der Waals surface area contributed by atoms with Crippen molar-refractivity contribution >= 4 is 29.2 Å². The molecule has 3 fully saturated rings. The first-order chi connectivity index (χ1) is 25.1. The molecule has 16 heteroatoms. The Labute approximate surface area is 305 Å². The van der Waals surface area contributed by atoms with Gasteiger partial charge in [-0.15, -0.1) is 0 Å². The Morgan fingerprint density at radius 2 is 1.51 bits per heavy atom. The van der Waals surface area contributed by atoms with E-state index in [0.717, 1.165) is 38.2 Å². The minimum absolute atomic E-state index is 0.244. The molecule has 2 aromatic rings. The second kappa shape index (κ2) is 15.7. The highest BCUT2D eigenvalue weighted by atomic mass is 19.4. The van der Waals surface area contributed by atoms with Crippen molar-refractivity contribution in [2.45, 2.75) is 75.9 Å². The molecule has 4 amide bonds. The topological polar surface area (TPSA) is 105 Å². The van der Waals surface area contributed by atoms with Crippen LogP contribution in [0.1, 0.15) is 60.8 Å². The van der Waals surface area contributed by atoms with E-state index in [2.05, 4.69) is 22.2 Å². The highest BCUT2D eigenvalue weighted by molar-refractivity contribution is 5.92. The quantitative estimate of drug-likeness (QED) is 0.285. The van der Waals surface area contributed by atoms with Gasteiger partial charge in [-0.2, -0.15) is 26.3 Å². The number of nitrogens with zero attached hydrogens (tertiary/aromatic N) is 5. The number of nitrogens with two attached hydrogens (primary N) is 1. The number of rotatable bonds is 7. The van der Waals surface area contributed by atoms with Crippen molar-refractivity contribution in [3.8, 4) is 0 Å². The number of nitrogens with one attached hydrogen (secondary N) is 1. The zero-order valence-electron chi connectivity index (χ0n) is 29.8. The molecule has 4 heterocycles. The Hall–Kier alpha value is -4.05. The number of alkyl halides is 6. The van der Waals surface area contributed by atoms with E-state index in [1.165, 1.54) is 0 Å². The number of amides is 4. The van der Waals surface area contributed by atoms with Gasteiger partial charge in [-0.3, -0.25) is 14.5 Å². The van der Waals surface area contributed by atoms with Gasteiger partial charge >= 0.3 is 18.4 Å². The van der Waals surface area contributed by atoms with Gasteiger partial charge in [-0.1, -0.05) is 18.2 Å². The van der Waals surface area contributed by atoms with E-state index < -0.39 is 71.5 Å². The van der Waals surface area contributed by atoms with Crippen LogP contribution in [0.2, 0.25) is 0 Å². The molecule has 290 valence electrons. The smallest absolute Gasteiger partial charge is 0.398 e. The zero-order valence-corrected chi connectivity index (χ0v) is 29.8. The Bertz CT molecular complexity index is 1620. The molecule has 2 unspecified atom stereocenters. The number of nitrogen functional groups attached to an aromatic ring is 1. The van der Waals surface area contributed by atoms with Crippen LogP contribution in [0.25, 0.3) is 0 Å². The van der Waals surface area contributed by atoms with Gasteiger partial charge in [0.15, 0.2) is 0 Å². The maximum Gasteiger partial charge on any atom is 0.418 e. The standard InChI is InChI=1S/C37H47F6N7O3/c1-46-16-18-47(19-17-46)27-10-13-48(14-11-27)34(52)26(20-24-21-28(36(38,39)40)33(44)29(22-24)37(41,42)43)23-32(51)49-12-5-4-8-31(49)50-15-9-25-6-2-3-7-30(25)45-35(50)53/h2-3,6-7,21-22,26-27,31H,4-5,8-20,23,44H2,1H3,(H,45,53). The van der Waals surface area contributed by atoms with Crippen molar-refractivity contribution in [3.05, 3.63) is 58.7 Å². The lowest BCUT2D eigenvalue weighted by atomic mass is 9.90. The molecule has 4 aliphatic rings. The van der Waals surface area contributed by atoms with Gasteiger partial charge in [-0.25, -0.2) is 4.79 Å². The lowest BCUT2D eigenvalue weighted by molar-refractivity contribution is -0.146.